The highest BCUT2D eigenvalue weighted by Gasteiger charge is 2.39. The first-order chi connectivity index (χ1) is 14.1. The molecule has 2 aliphatic rings. The third-order valence-electron chi connectivity index (χ3n) is 5.63. The molecule has 0 fully saturated rings. The van der Waals surface area contributed by atoms with Gasteiger partial charge in [0.1, 0.15) is 18.1 Å². The third kappa shape index (κ3) is 3.09. The van der Waals surface area contributed by atoms with Gasteiger partial charge in [0, 0.05) is 22.7 Å². The van der Waals surface area contributed by atoms with E-state index in [4.69, 9.17) is 16.3 Å². The SMILES string of the molecule is COc1ccc([C@@H]2CC(=O)C3=C(C2)Nc2ncnn2[C@H]3c2ccc(Cl)cc2)cc1. The number of hydrogen-bond donors (Lipinski definition) is 1. The number of carbonyl (C=O) groups excluding carboxylic acids is 1. The van der Waals surface area contributed by atoms with E-state index in [1.165, 1.54) is 6.33 Å². The molecule has 2 heterocycles. The predicted octanol–water partition coefficient (Wildman–Crippen LogP) is 4.36. The summed E-state index contributed by atoms with van der Waals surface area (Å²) in [6, 6.07) is 15.2. The molecule has 5 rings (SSSR count). The Labute approximate surface area is 173 Å². The van der Waals surface area contributed by atoms with Crippen LogP contribution in [0.3, 0.4) is 0 Å². The van der Waals surface area contributed by atoms with Crippen LogP contribution in [0.25, 0.3) is 0 Å². The maximum atomic E-state index is 13.3. The summed E-state index contributed by atoms with van der Waals surface area (Å²) in [4.78, 5) is 17.6. The second-order valence-electron chi connectivity index (χ2n) is 7.30. The number of halogens is 1. The van der Waals surface area contributed by atoms with Crippen LogP contribution in [0.15, 0.2) is 66.1 Å². The summed E-state index contributed by atoms with van der Waals surface area (Å²) in [6.45, 7) is 0. The van der Waals surface area contributed by atoms with Gasteiger partial charge < -0.3 is 10.1 Å². The summed E-state index contributed by atoms with van der Waals surface area (Å²) in [5, 5.41) is 8.37. The number of anilines is 1. The van der Waals surface area contributed by atoms with Crippen molar-refractivity contribution in [2.75, 3.05) is 12.4 Å². The number of hydrogen-bond acceptors (Lipinski definition) is 5. The van der Waals surface area contributed by atoms with Crippen molar-refractivity contribution in [3.05, 3.63) is 82.3 Å². The molecule has 2 aromatic carbocycles. The van der Waals surface area contributed by atoms with E-state index >= 15 is 0 Å². The van der Waals surface area contributed by atoms with Gasteiger partial charge in [0.15, 0.2) is 5.78 Å². The van der Waals surface area contributed by atoms with Crippen LogP contribution in [0.5, 0.6) is 5.75 Å². The van der Waals surface area contributed by atoms with E-state index < -0.39 is 0 Å². The number of carbonyl (C=O) groups is 1. The molecular weight excluding hydrogens is 388 g/mol. The molecular formula is C22H19ClN4O2. The van der Waals surface area contributed by atoms with Gasteiger partial charge in [-0.25, -0.2) is 4.68 Å². The van der Waals surface area contributed by atoms with Gasteiger partial charge in [-0.2, -0.15) is 10.1 Å². The number of rotatable bonds is 3. The first kappa shape index (κ1) is 17.9. The quantitative estimate of drug-likeness (QED) is 0.700. The van der Waals surface area contributed by atoms with Crippen molar-refractivity contribution in [3.63, 3.8) is 0 Å². The first-order valence-corrected chi connectivity index (χ1v) is 9.84. The lowest BCUT2D eigenvalue weighted by molar-refractivity contribution is -0.116. The first-order valence-electron chi connectivity index (χ1n) is 9.46. The maximum absolute atomic E-state index is 13.3. The lowest BCUT2D eigenvalue weighted by atomic mass is 9.78. The monoisotopic (exact) mass is 406 g/mol. The number of fused-ring (bicyclic) bond motifs is 1. The van der Waals surface area contributed by atoms with Crippen LogP contribution in [0.2, 0.25) is 5.02 Å². The normalized spacial score (nSPS) is 20.7. The largest absolute Gasteiger partial charge is 0.497 e. The Kier molecular flexibility index (Phi) is 4.36. The summed E-state index contributed by atoms with van der Waals surface area (Å²) < 4.78 is 7.02. The van der Waals surface area contributed by atoms with Gasteiger partial charge in [-0.15, -0.1) is 0 Å². The predicted molar refractivity (Wildman–Crippen MR) is 110 cm³/mol. The van der Waals surface area contributed by atoms with E-state index in [-0.39, 0.29) is 17.7 Å². The molecule has 7 heteroatoms. The average Bonchev–Trinajstić information content (AvgIpc) is 3.21. The minimum atomic E-state index is -0.301. The number of ether oxygens (including phenoxy) is 1. The van der Waals surface area contributed by atoms with Gasteiger partial charge in [0.2, 0.25) is 5.95 Å². The van der Waals surface area contributed by atoms with Gasteiger partial charge in [-0.1, -0.05) is 35.9 Å². The fourth-order valence-electron chi connectivity index (χ4n) is 4.22. The Morgan fingerprint density at radius 1 is 1.07 bits per heavy atom. The summed E-state index contributed by atoms with van der Waals surface area (Å²) in [5.74, 6) is 1.69. The van der Waals surface area contributed by atoms with Gasteiger partial charge in [-0.3, -0.25) is 4.79 Å². The van der Waals surface area contributed by atoms with Crippen molar-refractivity contribution in [3.8, 4) is 5.75 Å². The molecule has 1 aliphatic heterocycles. The van der Waals surface area contributed by atoms with Crippen LogP contribution in [-0.2, 0) is 4.79 Å². The van der Waals surface area contributed by atoms with Crippen molar-refractivity contribution in [2.45, 2.75) is 24.8 Å². The Balaban J connectivity index is 1.55. The molecule has 0 bridgehead atoms. The van der Waals surface area contributed by atoms with Gasteiger partial charge in [-0.05, 0) is 47.7 Å². The van der Waals surface area contributed by atoms with Gasteiger partial charge in [0.05, 0.1) is 7.11 Å². The minimum Gasteiger partial charge on any atom is -0.497 e. The molecule has 0 amide bonds. The highest BCUT2D eigenvalue weighted by atomic mass is 35.5. The van der Waals surface area contributed by atoms with E-state index in [1.807, 2.05) is 48.5 Å². The number of aromatic nitrogens is 3. The third-order valence-corrected chi connectivity index (χ3v) is 5.89. The van der Waals surface area contributed by atoms with Crippen molar-refractivity contribution < 1.29 is 9.53 Å². The number of allylic oxidation sites excluding steroid dienone is 2. The lowest BCUT2D eigenvalue weighted by Crippen LogP contribution is -2.33. The highest BCUT2D eigenvalue weighted by Crippen LogP contribution is 2.44. The Morgan fingerprint density at radius 2 is 1.79 bits per heavy atom. The average molecular weight is 407 g/mol. The second-order valence-corrected chi connectivity index (χ2v) is 7.74. The smallest absolute Gasteiger partial charge is 0.226 e. The van der Waals surface area contributed by atoms with Crippen LogP contribution in [0.1, 0.15) is 35.9 Å². The van der Waals surface area contributed by atoms with Crippen molar-refractivity contribution in [2.24, 2.45) is 0 Å². The van der Waals surface area contributed by atoms with E-state index in [1.54, 1.807) is 11.8 Å². The van der Waals surface area contributed by atoms with E-state index in [9.17, 15) is 4.79 Å². The lowest BCUT2D eigenvalue weighted by Gasteiger charge is -2.35. The van der Waals surface area contributed by atoms with Gasteiger partial charge in [0.25, 0.3) is 0 Å². The number of nitrogens with zero attached hydrogens (tertiary/aromatic N) is 3. The van der Waals surface area contributed by atoms with Gasteiger partial charge >= 0.3 is 0 Å². The minimum absolute atomic E-state index is 0.111. The summed E-state index contributed by atoms with van der Waals surface area (Å²) in [6.07, 6.45) is 2.71. The molecule has 1 aromatic heterocycles. The van der Waals surface area contributed by atoms with Crippen LogP contribution in [0.4, 0.5) is 5.95 Å². The zero-order valence-corrected chi connectivity index (χ0v) is 16.6. The zero-order valence-electron chi connectivity index (χ0n) is 15.8. The van der Waals surface area contributed by atoms with E-state index in [0.29, 0.717) is 17.4 Å². The molecule has 1 N–H and O–H groups in total. The molecule has 146 valence electrons. The number of benzene rings is 2. The molecule has 6 nitrogen and oxygen atoms in total. The summed E-state index contributed by atoms with van der Waals surface area (Å²) in [5.41, 5.74) is 3.77. The van der Waals surface area contributed by atoms with Crippen LogP contribution < -0.4 is 10.1 Å². The second kappa shape index (κ2) is 7.04. The number of ketones is 1. The van der Waals surface area contributed by atoms with Crippen LogP contribution in [0, 0.1) is 0 Å². The topological polar surface area (TPSA) is 69.0 Å². The zero-order chi connectivity index (χ0) is 20.0. The molecule has 0 spiro atoms. The summed E-state index contributed by atoms with van der Waals surface area (Å²) in [7, 11) is 1.65. The van der Waals surface area contributed by atoms with E-state index in [0.717, 1.165) is 34.6 Å². The molecule has 0 unspecified atom stereocenters. The maximum Gasteiger partial charge on any atom is 0.226 e. The van der Waals surface area contributed by atoms with E-state index in [2.05, 4.69) is 15.4 Å². The number of Topliss-reactive ketones (excluding diaryl/α,β-unsaturated/α-hetero) is 1. The van der Waals surface area contributed by atoms with Crippen molar-refractivity contribution in [1.82, 2.24) is 14.8 Å². The summed E-state index contributed by atoms with van der Waals surface area (Å²) >= 11 is 6.07. The van der Waals surface area contributed by atoms with Crippen LogP contribution >= 0.6 is 11.6 Å². The molecule has 0 saturated carbocycles. The Bertz CT molecular complexity index is 1100. The highest BCUT2D eigenvalue weighted by molar-refractivity contribution is 6.30. The van der Waals surface area contributed by atoms with Crippen molar-refractivity contribution >= 4 is 23.3 Å². The standard InChI is InChI=1S/C22H19ClN4O2/c1-29-17-8-4-13(5-9-17)15-10-18-20(19(28)11-15)21(14-2-6-16(23)7-3-14)27-22(26-18)24-12-25-27/h2-9,12,15,21H,10-11H2,1H3,(H,24,25,26)/t15-,21-/m0/s1. The fourth-order valence-corrected chi connectivity index (χ4v) is 4.34. The number of nitrogens with one attached hydrogen (secondary N) is 1. The molecule has 3 aromatic rings. The fraction of sp³-hybridized carbons (Fsp3) is 0.227. The molecule has 0 saturated heterocycles. The Hall–Kier alpha value is -3.12. The molecule has 2 atom stereocenters. The van der Waals surface area contributed by atoms with Crippen LogP contribution in [-0.4, -0.2) is 27.7 Å². The van der Waals surface area contributed by atoms with Crippen molar-refractivity contribution in [1.29, 1.82) is 0 Å². The molecule has 29 heavy (non-hydrogen) atoms. The molecule has 1 aliphatic carbocycles. The number of methoxy groups -OCH3 is 1. The Morgan fingerprint density at radius 3 is 2.52 bits per heavy atom. The molecule has 0 radical (unpaired) electrons.